The number of aromatic nitrogens is 2. The molecule has 0 radical (unpaired) electrons. The van der Waals surface area contributed by atoms with Crippen molar-refractivity contribution in [2.75, 3.05) is 34.4 Å². The number of allylic oxidation sites excluding steroid dienone is 1. The summed E-state index contributed by atoms with van der Waals surface area (Å²) in [6.07, 6.45) is 17.0. The molecule has 8 rings (SSSR count). The fourth-order valence-electron chi connectivity index (χ4n) is 8.75. The van der Waals surface area contributed by atoms with E-state index >= 15 is 0 Å². The molecular formula is C52H61N8+. The molecule has 6 N–H and O–H groups in total. The Labute approximate surface area is 356 Å². The van der Waals surface area contributed by atoms with Gasteiger partial charge in [0.15, 0.2) is 0 Å². The zero-order valence-corrected chi connectivity index (χ0v) is 35.9. The van der Waals surface area contributed by atoms with Gasteiger partial charge in [0.2, 0.25) is 16.7 Å². The van der Waals surface area contributed by atoms with Gasteiger partial charge in [-0.15, -0.1) is 4.57 Å². The molecule has 1 aliphatic heterocycles. The van der Waals surface area contributed by atoms with E-state index in [0.717, 1.165) is 86.1 Å². The lowest BCUT2D eigenvalue weighted by Crippen LogP contribution is -2.40. The van der Waals surface area contributed by atoms with Crippen LogP contribution in [0, 0.1) is 20.8 Å². The highest BCUT2D eigenvalue weighted by Gasteiger charge is 2.32. The second-order valence-electron chi connectivity index (χ2n) is 16.8. The van der Waals surface area contributed by atoms with Crippen LogP contribution >= 0.6 is 0 Å². The van der Waals surface area contributed by atoms with Crippen molar-refractivity contribution in [3.8, 4) is 5.69 Å². The first kappa shape index (κ1) is 40.6. The lowest BCUT2D eigenvalue weighted by molar-refractivity contribution is -0.538. The number of fused-ring (bicyclic) bond motifs is 4. The Balaban J connectivity index is 0.756. The Morgan fingerprint density at radius 2 is 1.17 bits per heavy atom. The minimum atomic E-state index is -0.0262. The number of benzene rings is 5. The highest BCUT2D eigenvalue weighted by molar-refractivity contribution is 6.10. The van der Waals surface area contributed by atoms with Gasteiger partial charge in [-0.1, -0.05) is 87.8 Å². The predicted octanol–water partition coefficient (Wildman–Crippen LogP) is 12.0. The van der Waals surface area contributed by atoms with E-state index < -0.39 is 0 Å². The zero-order chi connectivity index (χ0) is 41.6. The third-order valence-electron chi connectivity index (χ3n) is 12.3. The highest BCUT2D eigenvalue weighted by Crippen LogP contribution is 2.44. The number of aliphatic imine (C=N–C) groups is 1. The van der Waals surface area contributed by atoms with Crippen molar-refractivity contribution in [1.82, 2.24) is 4.98 Å². The summed E-state index contributed by atoms with van der Waals surface area (Å²) in [5, 5.41) is 7.51. The average molecular weight is 798 g/mol. The van der Waals surface area contributed by atoms with Crippen LogP contribution in [0.3, 0.4) is 0 Å². The van der Waals surface area contributed by atoms with Gasteiger partial charge >= 0.3 is 0 Å². The summed E-state index contributed by atoms with van der Waals surface area (Å²) in [6, 6.07) is 34.2. The summed E-state index contributed by atoms with van der Waals surface area (Å²) in [5.41, 5.74) is 30.7. The molecule has 5 aromatic carbocycles. The summed E-state index contributed by atoms with van der Waals surface area (Å²) >= 11 is 0. The number of aryl methyl sites for hydroxylation is 3. The van der Waals surface area contributed by atoms with E-state index in [1.54, 1.807) is 0 Å². The molecule has 1 aliphatic carbocycles. The normalized spacial score (nSPS) is 14.7. The fourth-order valence-corrected chi connectivity index (χ4v) is 8.75. The maximum atomic E-state index is 6.42. The lowest BCUT2D eigenvalue weighted by Gasteiger charge is -2.38. The van der Waals surface area contributed by atoms with Gasteiger partial charge in [-0.05, 0) is 111 Å². The van der Waals surface area contributed by atoms with Gasteiger partial charge in [0, 0.05) is 65.8 Å². The van der Waals surface area contributed by atoms with Crippen molar-refractivity contribution in [1.29, 1.82) is 0 Å². The molecule has 0 bridgehead atoms. The van der Waals surface area contributed by atoms with Crippen LogP contribution in [0.25, 0.3) is 27.8 Å². The molecule has 1 aromatic heterocycles. The Morgan fingerprint density at radius 3 is 1.82 bits per heavy atom. The summed E-state index contributed by atoms with van der Waals surface area (Å²) < 4.78 is 2.29. The van der Waals surface area contributed by atoms with Gasteiger partial charge < -0.3 is 27.0 Å². The number of nitrogen functional groups attached to an aromatic ring is 1. The molecule has 8 heteroatoms. The van der Waals surface area contributed by atoms with Crippen LogP contribution in [0.1, 0.15) is 87.8 Å². The number of hydrogen-bond acceptors (Lipinski definition) is 7. The van der Waals surface area contributed by atoms with E-state index in [4.69, 9.17) is 21.4 Å². The predicted molar refractivity (Wildman–Crippen MR) is 254 cm³/mol. The molecule has 2 aliphatic rings. The van der Waals surface area contributed by atoms with Gasteiger partial charge in [0.25, 0.3) is 0 Å². The van der Waals surface area contributed by atoms with E-state index in [-0.39, 0.29) is 6.04 Å². The first-order valence-corrected chi connectivity index (χ1v) is 22.1. The monoisotopic (exact) mass is 798 g/mol. The fraction of sp³-hybridized carbons (Fsp3) is 0.327. The molecule has 0 saturated heterocycles. The van der Waals surface area contributed by atoms with Crippen LogP contribution in [0.15, 0.2) is 125 Å². The van der Waals surface area contributed by atoms with E-state index in [1.807, 2.05) is 6.92 Å². The zero-order valence-electron chi connectivity index (χ0n) is 35.9. The Hall–Kier alpha value is -6.15. The second kappa shape index (κ2) is 18.4. The van der Waals surface area contributed by atoms with Gasteiger partial charge in [-0.2, -0.15) is 0 Å². The first-order chi connectivity index (χ1) is 29.2. The summed E-state index contributed by atoms with van der Waals surface area (Å²) in [6.45, 7) is 10.4. The van der Waals surface area contributed by atoms with Crippen molar-refractivity contribution in [2.45, 2.75) is 97.9 Å². The van der Waals surface area contributed by atoms with E-state index in [9.17, 15) is 0 Å². The number of rotatable bonds is 17. The van der Waals surface area contributed by atoms with E-state index in [0.29, 0.717) is 0 Å². The van der Waals surface area contributed by atoms with Crippen LogP contribution < -0.4 is 31.6 Å². The molecule has 60 heavy (non-hydrogen) atoms. The Kier molecular flexibility index (Phi) is 12.5. The van der Waals surface area contributed by atoms with Crippen LogP contribution in [0.2, 0.25) is 0 Å². The quantitative estimate of drug-likeness (QED) is 0.0317. The number of anilines is 5. The topological polar surface area (TPSA) is 108 Å². The Bertz CT molecular complexity index is 2570. The average Bonchev–Trinajstić information content (AvgIpc) is 3.24. The molecule has 2 heterocycles. The van der Waals surface area contributed by atoms with Gasteiger partial charge in [-0.3, -0.25) is 0 Å². The van der Waals surface area contributed by atoms with Crippen molar-refractivity contribution in [3.63, 3.8) is 0 Å². The number of nitrogens with zero attached hydrogens (tertiary/aromatic N) is 4. The number of para-hydroxylation sites is 2. The first-order valence-electron chi connectivity index (χ1n) is 22.1. The standard InChI is InChI=1S/C52H60N8/c1-35-27-45-49(31-41(35)53)59(39-21-15-13-16-22-39)51-33-43(37(3)29-47(51)57-45)55-25-19-11-9-7-5-6-8-10-12-20-26-56-44-34-52-48(30-38(44)4)58-46-28-36(2)42(54)32-50(46)60(52)40-23-17-14-18-24-40/h13-18,21-24,27-34,49,55H,5-12,19-20,25-26,53H2,1-4H3,(H2,54,56)/p+1. The number of unbranched alkanes of at least 4 members (excludes halogenated alkanes) is 9. The Morgan fingerprint density at radius 1 is 0.617 bits per heavy atom. The smallest absolute Gasteiger partial charge is 0.239 e. The summed E-state index contributed by atoms with van der Waals surface area (Å²) in [7, 11) is 0. The molecule has 1 unspecified atom stereocenters. The third kappa shape index (κ3) is 8.88. The molecule has 308 valence electrons. The highest BCUT2D eigenvalue weighted by atomic mass is 15.2. The van der Waals surface area contributed by atoms with Crippen LogP contribution in [-0.4, -0.2) is 29.8 Å². The molecule has 6 aromatic rings. The maximum Gasteiger partial charge on any atom is 0.239 e. The molecule has 0 spiro atoms. The van der Waals surface area contributed by atoms with Gasteiger partial charge in [-0.25, -0.2) is 9.98 Å². The summed E-state index contributed by atoms with van der Waals surface area (Å²) in [5.74, 6) is 0. The van der Waals surface area contributed by atoms with Crippen molar-refractivity contribution in [2.24, 2.45) is 10.7 Å². The van der Waals surface area contributed by atoms with Crippen LogP contribution in [0.4, 0.5) is 34.1 Å². The van der Waals surface area contributed by atoms with E-state index in [1.165, 1.54) is 86.7 Å². The molecule has 8 nitrogen and oxygen atoms in total. The van der Waals surface area contributed by atoms with Crippen LogP contribution in [0.5, 0.6) is 0 Å². The van der Waals surface area contributed by atoms with Crippen molar-refractivity contribution in [3.05, 3.63) is 137 Å². The molecule has 0 fully saturated rings. The molecule has 0 amide bonds. The van der Waals surface area contributed by atoms with Crippen molar-refractivity contribution >= 4 is 61.9 Å². The van der Waals surface area contributed by atoms with Crippen LogP contribution in [-0.2, 0) is 0 Å². The largest absolute Gasteiger partial charge is 0.399 e. The lowest BCUT2D eigenvalue weighted by atomic mass is 9.94. The SMILES string of the molecule is CC1=CC2=Nc3cc(C)c(NCCCCCCCCCCCCNc4cc5c(cc4C)nc4cc(C)c(N)cc4[n+]5-c4ccccc4)cc3N(c3ccccc3)C2C=C1N. The maximum absolute atomic E-state index is 6.42. The van der Waals surface area contributed by atoms with Crippen molar-refractivity contribution < 1.29 is 4.57 Å². The second-order valence-corrected chi connectivity index (χ2v) is 16.8. The number of hydrogen-bond donors (Lipinski definition) is 4. The third-order valence-corrected chi connectivity index (χ3v) is 12.3. The summed E-state index contributed by atoms with van der Waals surface area (Å²) in [4.78, 5) is 12.6. The van der Waals surface area contributed by atoms with Gasteiger partial charge in [0.1, 0.15) is 11.0 Å². The van der Waals surface area contributed by atoms with Gasteiger partial charge in [0.05, 0.1) is 23.1 Å². The number of nitrogens with one attached hydrogen (secondary N) is 2. The number of nitrogens with two attached hydrogens (primary N) is 2. The molecular weight excluding hydrogens is 737 g/mol. The minimum absolute atomic E-state index is 0.0262. The molecule has 0 saturated carbocycles. The van der Waals surface area contributed by atoms with E-state index in [2.05, 4.69) is 150 Å². The minimum Gasteiger partial charge on any atom is -0.399 e. The molecule has 1 atom stereocenters.